The zero-order chi connectivity index (χ0) is 11.4. The van der Waals surface area contributed by atoms with Crippen LogP contribution in [0.3, 0.4) is 0 Å². The maximum absolute atomic E-state index is 11.0. The van der Waals surface area contributed by atoms with E-state index in [4.69, 9.17) is 10.8 Å². The van der Waals surface area contributed by atoms with Crippen LogP contribution >= 0.6 is 0 Å². The summed E-state index contributed by atoms with van der Waals surface area (Å²) in [6.07, 6.45) is 1.86. The van der Waals surface area contributed by atoms with Gasteiger partial charge in [0.25, 0.3) is 0 Å². The molecule has 5 nitrogen and oxygen atoms in total. The molecular weight excluding hydrogens is 196 g/mol. The molecule has 0 spiro atoms. The van der Waals surface area contributed by atoms with Gasteiger partial charge in [-0.1, -0.05) is 0 Å². The Morgan fingerprint density at radius 3 is 2.80 bits per heavy atom. The van der Waals surface area contributed by atoms with E-state index in [9.17, 15) is 9.59 Å². The minimum Gasteiger partial charge on any atom is -0.481 e. The quantitative estimate of drug-likeness (QED) is 0.692. The molecule has 0 bridgehead atoms. The van der Waals surface area contributed by atoms with Crippen LogP contribution in [0.25, 0.3) is 0 Å². The second-order valence-corrected chi connectivity index (χ2v) is 4.18. The Bertz CT molecular complexity index is 255. The molecule has 0 aromatic heterocycles. The van der Waals surface area contributed by atoms with E-state index in [2.05, 4.69) is 0 Å². The number of likely N-dealkylation sites (tertiary alicyclic amines) is 1. The SMILES string of the molecule is CC(CC(=O)O)N1CCCC(C(N)=O)C1. The van der Waals surface area contributed by atoms with E-state index in [-0.39, 0.29) is 24.3 Å². The molecule has 1 saturated heterocycles. The molecule has 5 heteroatoms. The number of carboxylic acids is 1. The fraction of sp³-hybridized carbons (Fsp3) is 0.800. The highest BCUT2D eigenvalue weighted by Crippen LogP contribution is 2.19. The van der Waals surface area contributed by atoms with Gasteiger partial charge in [0.05, 0.1) is 12.3 Å². The lowest BCUT2D eigenvalue weighted by Gasteiger charge is -2.35. The van der Waals surface area contributed by atoms with Gasteiger partial charge in [-0.2, -0.15) is 0 Å². The number of aliphatic carboxylic acids is 1. The van der Waals surface area contributed by atoms with Crippen LogP contribution in [0.1, 0.15) is 26.2 Å². The van der Waals surface area contributed by atoms with Crippen LogP contribution in [0.2, 0.25) is 0 Å². The molecule has 3 N–H and O–H groups in total. The van der Waals surface area contributed by atoms with Crippen molar-refractivity contribution < 1.29 is 14.7 Å². The number of carbonyl (C=O) groups is 2. The summed E-state index contributed by atoms with van der Waals surface area (Å²) in [7, 11) is 0. The monoisotopic (exact) mass is 214 g/mol. The van der Waals surface area contributed by atoms with E-state index in [0.717, 1.165) is 19.4 Å². The highest BCUT2D eigenvalue weighted by atomic mass is 16.4. The van der Waals surface area contributed by atoms with Crippen molar-refractivity contribution in [3.63, 3.8) is 0 Å². The van der Waals surface area contributed by atoms with Crippen LogP contribution in [-0.4, -0.2) is 41.0 Å². The number of carbonyl (C=O) groups excluding carboxylic acids is 1. The molecule has 1 rings (SSSR count). The van der Waals surface area contributed by atoms with Gasteiger partial charge in [-0.3, -0.25) is 14.5 Å². The number of nitrogens with zero attached hydrogens (tertiary/aromatic N) is 1. The second-order valence-electron chi connectivity index (χ2n) is 4.18. The predicted octanol–water partition coefficient (Wildman–Crippen LogP) is 0.0469. The topological polar surface area (TPSA) is 83.6 Å². The average molecular weight is 214 g/mol. The molecule has 86 valence electrons. The molecule has 15 heavy (non-hydrogen) atoms. The number of hydrogen-bond acceptors (Lipinski definition) is 3. The Morgan fingerprint density at radius 1 is 1.60 bits per heavy atom. The molecule has 0 aromatic rings. The summed E-state index contributed by atoms with van der Waals surface area (Å²) >= 11 is 0. The van der Waals surface area contributed by atoms with Crippen molar-refractivity contribution in [2.45, 2.75) is 32.2 Å². The van der Waals surface area contributed by atoms with Gasteiger partial charge in [0, 0.05) is 12.6 Å². The molecule has 2 unspecified atom stereocenters. The maximum atomic E-state index is 11.0. The van der Waals surface area contributed by atoms with Crippen molar-refractivity contribution >= 4 is 11.9 Å². The van der Waals surface area contributed by atoms with E-state index < -0.39 is 5.97 Å². The van der Waals surface area contributed by atoms with Crippen LogP contribution in [0.5, 0.6) is 0 Å². The number of carboxylic acid groups (broad SMARTS) is 1. The number of amides is 1. The Morgan fingerprint density at radius 2 is 2.27 bits per heavy atom. The van der Waals surface area contributed by atoms with Gasteiger partial charge in [0.2, 0.25) is 5.91 Å². The first-order valence-electron chi connectivity index (χ1n) is 5.26. The third-order valence-electron chi connectivity index (χ3n) is 2.95. The number of nitrogens with two attached hydrogens (primary N) is 1. The standard InChI is InChI=1S/C10H18N2O3/c1-7(5-9(13)14)12-4-2-3-8(6-12)10(11)15/h7-8H,2-6H2,1H3,(H2,11,15)(H,13,14). The maximum Gasteiger partial charge on any atom is 0.304 e. The normalized spacial score (nSPS) is 24.7. The largest absolute Gasteiger partial charge is 0.481 e. The third kappa shape index (κ3) is 3.51. The first-order valence-corrected chi connectivity index (χ1v) is 5.26. The fourth-order valence-electron chi connectivity index (χ4n) is 2.02. The first-order chi connectivity index (χ1) is 7.00. The molecule has 1 amide bonds. The van der Waals surface area contributed by atoms with Gasteiger partial charge in [0.15, 0.2) is 0 Å². The van der Waals surface area contributed by atoms with Gasteiger partial charge in [-0.05, 0) is 26.3 Å². The van der Waals surface area contributed by atoms with E-state index in [0.29, 0.717) is 6.54 Å². The minimum atomic E-state index is -0.802. The van der Waals surface area contributed by atoms with Crippen molar-refractivity contribution in [1.29, 1.82) is 0 Å². The Labute approximate surface area is 89.2 Å². The first kappa shape index (κ1) is 12.0. The van der Waals surface area contributed by atoms with Crippen LogP contribution in [-0.2, 0) is 9.59 Å². The summed E-state index contributed by atoms with van der Waals surface area (Å²) in [5.74, 6) is -1.19. The summed E-state index contributed by atoms with van der Waals surface area (Å²) in [6.45, 7) is 3.33. The molecule has 0 aliphatic carbocycles. The molecule has 1 fully saturated rings. The minimum absolute atomic E-state index is 0.0235. The van der Waals surface area contributed by atoms with Crippen molar-refractivity contribution in [1.82, 2.24) is 4.90 Å². The summed E-state index contributed by atoms with van der Waals surface area (Å²) in [5.41, 5.74) is 5.25. The molecular formula is C10H18N2O3. The summed E-state index contributed by atoms with van der Waals surface area (Å²) in [6, 6.07) is -0.0235. The van der Waals surface area contributed by atoms with Gasteiger partial charge in [0.1, 0.15) is 0 Å². The van der Waals surface area contributed by atoms with Crippen LogP contribution in [0.15, 0.2) is 0 Å². The van der Waals surface area contributed by atoms with Crippen molar-refractivity contribution in [3.8, 4) is 0 Å². The third-order valence-corrected chi connectivity index (χ3v) is 2.95. The molecule has 1 heterocycles. The molecule has 0 radical (unpaired) electrons. The van der Waals surface area contributed by atoms with E-state index in [1.807, 2.05) is 11.8 Å². The van der Waals surface area contributed by atoms with Crippen molar-refractivity contribution in [3.05, 3.63) is 0 Å². The summed E-state index contributed by atoms with van der Waals surface area (Å²) in [5, 5.41) is 8.67. The molecule has 1 aliphatic rings. The Hall–Kier alpha value is -1.10. The Kier molecular flexibility index (Phi) is 4.08. The summed E-state index contributed by atoms with van der Waals surface area (Å²) < 4.78 is 0. The summed E-state index contributed by atoms with van der Waals surface area (Å²) in [4.78, 5) is 23.6. The van der Waals surface area contributed by atoms with E-state index in [1.165, 1.54) is 0 Å². The van der Waals surface area contributed by atoms with E-state index >= 15 is 0 Å². The van der Waals surface area contributed by atoms with Gasteiger partial charge in [-0.15, -0.1) is 0 Å². The van der Waals surface area contributed by atoms with Gasteiger partial charge in [-0.25, -0.2) is 0 Å². The molecule has 1 aliphatic heterocycles. The average Bonchev–Trinajstić information content (AvgIpc) is 2.17. The number of piperidine rings is 1. The fourth-order valence-corrected chi connectivity index (χ4v) is 2.02. The molecule has 2 atom stereocenters. The van der Waals surface area contributed by atoms with Gasteiger partial charge < -0.3 is 10.8 Å². The number of hydrogen-bond donors (Lipinski definition) is 2. The Balaban J connectivity index is 2.48. The molecule has 0 saturated carbocycles. The number of rotatable bonds is 4. The zero-order valence-corrected chi connectivity index (χ0v) is 8.98. The van der Waals surface area contributed by atoms with Crippen molar-refractivity contribution in [2.75, 3.05) is 13.1 Å². The zero-order valence-electron chi connectivity index (χ0n) is 8.98. The predicted molar refractivity (Wildman–Crippen MR) is 55.2 cm³/mol. The lowest BCUT2D eigenvalue weighted by molar-refractivity contribution is -0.138. The number of primary amides is 1. The van der Waals surface area contributed by atoms with Gasteiger partial charge >= 0.3 is 5.97 Å². The highest BCUT2D eigenvalue weighted by Gasteiger charge is 2.27. The van der Waals surface area contributed by atoms with E-state index in [1.54, 1.807) is 0 Å². The lowest BCUT2D eigenvalue weighted by atomic mass is 9.96. The van der Waals surface area contributed by atoms with Crippen LogP contribution < -0.4 is 5.73 Å². The van der Waals surface area contributed by atoms with Crippen LogP contribution in [0.4, 0.5) is 0 Å². The highest BCUT2D eigenvalue weighted by molar-refractivity contribution is 5.77. The molecule has 0 aromatic carbocycles. The smallest absolute Gasteiger partial charge is 0.304 e. The second kappa shape index (κ2) is 5.11. The van der Waals surface area contributed by atoms with Crippen LogP contribution in [0, 0.1) is 5.92 Å². The van der Waals surface area contributed by atoms with Crippen molar-refractivity contribution in [2.24, 2.45) is 11.7 Å². The lowest BCUT2D eigenvalue weighted by Crippen LogP contribution is -2.45.